The first kappa shape index (κ1) is 14.8. The minimum absolute atomic E-state index is 0.322. The Morgan fingerprint density at radius 1 is 1.32 bits per heavy atom. The number of piperidine rings is 1. The SMILES string of the molecule is CNC1CCN(S(=O)(=O)c2cc(Cl)ccc2C)CC1. The van der Waals surface area contributed by atoms with Gasteiger partial charge in [0.25, 0.3) is 0 Å². The summed E-state index contributed by atoms with van der Waals surface area (Å²) in [4.78, 5) is 0.322. The van der Waals surface area contributed by atoms with Crippen LogP contribution in [0.4, 0.5) is 0 Å². The number of nitrogens with one attached hydrogen (secondary N) is 1. The maximum Gasteiger partial charge on any atom is 0.243 e. The van der Waals surface area contributed by atoms with E-state index < -0.39 is 10.0 Å². The lowest BCUT2D eigenvalue weighted by Crippen LogP contribution is -2.44. The smallest absolute Gasteiger partial charge is 0.243 e. The van der Waals surface area contributed by atoms with Crippen molar-refractivity contribution >= 4 is 21.6 Å². The Bertz CT molecular complexity index is 552. The molecule has 0 aromatic heterocycles. The second kappa shape index (κ2) is 5.79. The van der Waals surface area contributed by atoms with Crippen molar-refractivity contribution in [3.8, 4) is 0 Å². The summed E-state index contributed by atoms with van der Waals surface area (Å²) in [5.41, 5.74) is 0.736. The summed E-state index contributed by atoms with van der Waals surface area (Å²) in [6.07, 6.45) is 1.69. The number of rotatable bonds is 3. The highest BCUT2D eigenvalue weighted by atomic mass is 35.5. The standard InChI is InChI=1S/C13H19ClN2O2S/c1-10-3-4-11(14)9-13(10)19(17,18)16-7-5-12(15-2)6-8-16/h3-4,9,12,15H,5-8H2,1-2H3. The van der Waals surface area contributed by atoms with Gasteiger partial charge >= 0.3 is 0 Å². The van der Waals surface area contributed by atoms with E-state index in [9.17, 15) is 8.42 Å². The van der Waals surface area contributed by atoms with Crippen molar-refractivity contribution in [1.82, 2.24) is 9.62 Å². The highest BCUT2D eigenvalue weighted by molar-refractivity contribution is 7.89. The maximum absolute atomic E-state index is 12.6. The quantitative estimate of drug-likeness (QED) is 0.929. The second-order valence-corrected chi connectivity index (χ2v) is 7.22. The summed E-state index contributed by atoms with van der Waals surface area (Å²) in [6, 6.07) is 5.40. The first-order chi connectivity index (χ1) is 8.95. The largest absolute Gasteiger partial charge is 0.317 e. The number of hydrogen-bond acceptors (Lipinski definition) is 3. The second-order valence-electron chi connectivity index (χ2n) is 4.88. The van der Waals surface area contributed by atoms with E-state index in [-0.39, 0.29) is 0 Å². The van der Waals surface area contributed by atoms with E-state index in [0.29, 0.717) is 29.0 Å². The molecule has 1 heterocycles. The zero-order valence-corrected chi connectivity index (χ0v) is 12.8. The first-order valence-corrected chi connectivity index (χ1v) is 8.20. The zero-order chi connectivity index (χ0) is 14.0. The van der Waals surface area contributed by atoms with E-state index in [1.54, 1.807) is 23.4 Å². The highest BCUT2D eigenvalue weighted by Crippen LogP contribution is 2.25. The summed E-state index contributed by atoms with van der Waals surface area (Å²) in [5, 5.41) is 3.65. The Morgan fingerprint density at radius 3 is 2.53 bits per heavy atom. The Hall–Kier alpha value is -0.620. The van der Waals surface area contributed by atoms with Crippen molar-refractivity contribution in [3.05, 3.63) is 28.8 Å². The summed E-state index contributed by atoms with van der Waals surface area (Å²) >= 11 is 5.91. The molecule has 1 aromatic rings. The summed E-state index contributed by atoms with van der Waals surface area (Å²) in [6.45, 7) is 2.91. The molecular formula is C13H19ClN2O2S. The van der Waals surface area contributed by atoms with Gasteiger partial charge in [-0.25, -0.2) is 8.42 Å². The number of benzene rings is 1. The van der Waals surface area contributed by atoms with Gasteiger partial charge in [-0.2, -0.15) is 4.31 Å². The molecule has 0 bridgehead atoms. The third-order valence-electron chi connectivity index (χ3n) is 3.63. The molecule has 106 valence electrons. The van der Waals surface area contributed by atoms with Crippen LogP contribution in [-0.4, -0.2) is 38.9 Å². The molecule has 1 N–H and O–H groups in total. The van der Waals surface area contributed by atoms with Gasteiger partial charge in [0.2, 0.25) is 10.0 Å². The van der Waals surface area contributed by atoms with Crippen LogP contribution in [0, 0.1) is 6.92 Å². The number of nitrogens with zero attached hydrogens (tertiary/aromatic N) is 1. The van der Waals surface area contributed by atoms with Crippen molar-refractivity contribution in [2.45, 2.75) is 30.7 Å². The van der Waals surface area contributed by atoms with Crippen LogP contribution in [0.1, 0.15) is 18.4 Å². The molecule has 0 atom stereocenters. The molecule has 1 fully saturated rings. The molecule has 0 spiro atoms. The fourth-order valence-electron chi connectivity index (χ4n) is 2.38. The van der Waals surface area contributed by atoms with Crippen LogP contribution in [0.15, 0.2) is 23.1 Å². The molecule has 2 rings (SSSR count). The lowest BCUT2D eigenvalue weighted by Gasteiger charge is -2.31. The van der Waals surface area contributed by atoms with Gasteiger partial charge in [0, 0.05) is 24.2 Å². The van der Waals surface area contributed by atoms with Gasteiger partial charge in [0.15, 0.2) is 0 Å². The van der Waals surface area contributed by atoms with Crippen LogP contribution in [0.25, 0.3) is 0 Å². The molecule has 1 aliphatic rings. The van der Waals surface area contributed by atoms with E-state index in [1.165, 1.54) is 6.07 Å². The molecule has 0 aliphatic carbocycles. The fraction of sp³-hybridized carbons (Fsp3) is 0.538. The van der Waals surface area contributed by atoms with E-state index in [4.69, 9.17) is 11.6 Å². The molecule has 0 saturated carbocycles. The first-order valence-electron chi connectivity index (χ1n) is 6.38. The van der Waals surface area contributed by atoms with Crippen LogP contribution in [-0.2, 0) is 10.0 Å². The average Bonchev–Trinajstić information content (AvgIpc) is 2.41. The lowest BCUT2D eigenvalue weighted by molar-refractivity contribution is 0.298. The Labute approximate surface area is 119 Å². The van der Waals surface area contributed by atoms with Gasteiger partial charge in [-0.3, -0.25) is 0 Å². The lowest BCUT2D eigenvalue weighted by atomic mass is 10.1. The van der Waals surface area contributed by atoms with Crippen molar-refractivity contribution in [3.63, 3.8) is 0 Å². The third kappa shape index (κ3) is 3.11. The van der Waals surface area contributed by atoms with Crippen LogP contribution in [0.5, 0.6) is 0 Å². The van der Waals surface area contributed by atoms with Crippen molar-refractivity contribution < 1.29 is 8.42 Å². The highest BCUT2D eigenvalue weighted by Gasteiger charge is 2.29. The van der Waals surface area contributed by atoms with Crippen LogP contribution >= 0.6 is 11.6 Å². The zero-order valence-electron chi connectivity index (χ0n) is 11.2. The minimum Gasteiger partial charge on any atom is -0.317 e. The van der Waals surface area contributed by atoms with E-state index in [2.05, 4.69) is 5.32 Å². The molecule has 6 heteroatoms. The Morgan fingerprint density at radius 2 is 1.95 bits per heavy atom. The summed E-state index contributed by atoms with van der Waals surface area (Å²) in [7, 11) is -1.51. The van der Waals surface area contributed by atoms with Crippen molar-refractivity contribution in [2.24, 2.45) is 0 Å². The van der Waals surface area contributed by atoms with E-state index in [0.717, 1.165) is 18.4 Å². The molecule has 1 aliphatic heterocycles. The predicted octanol–water partition coefficient (Wildman–Crippen LogP) is 2.02. The Balaban J connectivity index is 2.26. The molecule has 1 saturated heterocycles. The molecule has 4 nitrogen and oxygen atoms in total. The van der Waals surface area contributed by atoms with Gasteiger partial charge in [-0.05, 0) is 44.5 Å². The summed E-state index contributed by atoms with van der Waals surface area (Å²) in [5.74, 6) is 0. The average molecular weight is 303 g/mol. The van der Waals surface area contributed by atoms with Crippen LogP contribution in [0.2, 0.25) is 5.02 Å². The molecule has 0 unspecified atom stereocenters. The minimum atomic E-state index is -3.43. The molecule has 1 aromatic carbocycles. The van der Waals surface area contributed by atoms with Gasteiger partial charge in [-0.15, -0.1) is 0 Å². The van der Waals surface area contributed by atoms with Gasteiger partial charge < -0.3 is 5.32 Å². The van der Waals surface area contributed by atoms with Crippen molar-refractivity contribution in [2.75, 3.05) is 20.1 Å². The van der Waals surface area contributed by atoms with E-state index >= 15 is 0 Å². The third-order valence-corrected chi connectivity index (χ3v) is 5.91. The molecular weight excluding hydrogens is 284 g/mol. The monoisotopic (exact) mass is 302 g/mol. The number of sulfonamides is 1. The normalized spacial score (nSPS) is 18.7. The van der Waals surface area contributed by atoms with Gasteiger partial charge in [0.1, 0.15) is 0 Å². The van der Waals surface area contributed by atoms with E-state index in [1.807, 2.05) is 7.05 Å². The fourth-order valence-corrected chi connectivity index (χ4v) is 4.33. The Kier molecular flexibility index (Phi) is 4.50. The number of aryl methyl sites for hydroxylation is 1. The number of hydrogen-bond donors (Lipinski definition) is 1. The van der Waals surface area contributed by atoms with Crippen LogP contribution in [0.3, 0.4) is 0 Å². The number of halogens is 1. The van der Waals surface area contributed by atoms with Gasteiger partial charge in [0.05, 0.1) is 4.90 Å². The molecule has 0 radical (unpaired) electrons. The summed E-state index contributed by atoms with van der Waals surface area (Å²) < 4.78 is 26.8. The van der Waals surface area contributed by atoms with Crippen molar-refractivity contribution in [1.29, 1.82) is 0 Å². The topological polar surface area (TPSA) is 49.4 Å². The maximum atomic E-state index is 12.6. The predicted molar refractivity (Wildman–Crippen MR) is 77.0 cm³/mol. The van der Waals surface area contributed by atoms with Gasteiger partial charge in [-0.1, -0.05) is 17.7 Å². The molecule has 19 heavy (non-hydrogen) atoms. The van der Waals surface area contributed by atoms with Crippen LogP contribution < -0.4 is 5.32 Å². The molecule has 0 amide bonds.